The van der Waals surface area contributed by atoms with E-state index in [0.29, 0.717) is 36.2 Å². The maximum absolute atomic E-state index is 14.7. The second kappa shape index (κ2) is 33.1. The monoisotopic (exact) mass is 1220 g/mol. The van der Waals surface area contributed by atoms with Crippen molar-refractivity contribution < 1.29 is 58.2 Å². The number of phenolic OH excluding ortho intramolecular Hbond substituents is 1. The van der Waals surface area contributed by atoms with E-state index in [1.807, 2.05) is 52.0 Å². The Morgan fingerprint density at radius 3 is 1.83 bits per heavy atom. The molecule has 27 heteroatoms. The zero-order valence-electron chi connectivity index (χ0n) is 50.4. The van der Waals surface area contributed by atoms with Crippen molar-refractivity contribution in [2.24, 2.45) is 28.3 Å². The van der Waals surface area contributed by atoms with Crippen molar-refractivity contribution in [1.82, 2.24) is 62.7 Å². The van der Waals surface area contributed by atoms with Gasteiger partial charge in [-0.05, 0) is 97.7 Å². The van der Waals surface area contributed by atoms with Crippen LogP contribution in [0.2, 0.25) is 0 Å². The number of carbonyl (C=O) groups is 10. The molecule has 10 amide bonds. The lowest BCUT2D eigenvalue weighted by Gasteiger charge is -2.31. The predicted molar refractivity (Wildman–Crippen MR) is 326 cm³/mol. The number of rotatable bonds is 32. The molecule has 2 aliphatic heterocycles. The Hall–Kier alpha value is -9.14. The number of likely N-dealkylation sites (N-methyl/N-ethyl adjacent to an activating group) is 1. The number of aromatic hydroxyl groups is 1. The molecule has 0 spiro atoms. The summed E-state index contributed by atoms with van der Waals surface area (Å²) >= 11 is 0. The molecule has 88 heavy (non-hydrogen) atoms. The number of likely N-dealkylation sites (tertiary alicyclic amines) is 1. The molecule has 2 aliphatic rings. The zero-order valence-corrected chi connectivity index (χ0v) is 50.4. The molecular formula is C61H85N15O12. The second-order valence-electron chi connectivity index (χ2n) is 23.1. The fraction of sp³-hybridized carbons (Fsp3) is 0.508. The van der Waals surface area contributed by atoms with Gasteiger partial charge in [0.25, 0.3) is 0 Å². The molecule has 0 bridgehead atoms. The van der Waals surface area contributed by atoms with E-state index < -0.39 is 108 Å². The predicted octanol–water partition coefficient (Wildman–Crippen LogP) is -0.766. The first-order chi connectivity index (χ1) is 42.0. The van der Waals surface area contributed by atoms with Crippen molar-refractivity contribution in [2.75, 3.05) is 26.2 Å². The van der Waals surface area contributed by atoms with E-state index in [0.717, 1.165) is 10.8 Å². The minimum atomic E-state index is -1.75. The van der Waals surface area contributed by atoms with Crippen LogP contribution in [0.15, 0.2) is 84.2 Å². The van der Waals surface area contributed by atoms with Crippen molar-refractivity contribution in [3.05, 3.63) is 96.1 Å². The number of hydrogen-bond acceptors (Lipinski definition) is 14. The summed E-state index contributed by atoms with van der Waals surface area (Å²) in [6, 6.07) is 7.13. The van der Waals surface area contributed by atoms with Crippen LogP contribution in [0.3, 0.4) is 0 Å². The molecule has 3 heterocycles. The summed E-state index contributed by atoms with van der Waals surface area (Å²) in [4.78, 5) is 152. The average molecular weight is 1220 g/mol. The van der Waals surface area contributed by atoms with Gasteiger partial charge >= 0.3 is 0 Å². The van der Waals surface area contributed by atoms with E-state index in [4.69, 9.17) is 11.5 Å². The third kappa shape index (κ3) is 20.2. The van der Waals surface area contributed by atoms with Crippen LogP contribution >= 0.6 is 0 Å². The number of imidazole rings is 1. The second-order valence-corrected chi connectivity index (χ2v) is 23.1. The molecule has 0 unspecified atom stereocenters. The van der Waals surface area contributed by atoms with Gasteiger partial charge in [0, 0.05) is 57.2 Å². The Bertz CT molecular complexity index is 3090. The zero-order chi connectivity index (χ0) is 64.0. The number of hydrogen-bond donors (Lipinski definition) is 14. The Kier molecular flexibility index (Phi) is 25.6. The smallest absolute Gasteiger partial charge is 0.245 e. The molecule has 0 aliphatic carbocycles. The van der Waals surface area contributed by atoms with E-state index in [1.54, 1.807) is 25.1 Å². The van der Waals surface area contributed by atoms with Gasteiger partial charge in [-0.2, -0.15) is 0 Å². The summed E-state index contributed by atoms with van der Waals surface area (Å²) in [6.07, 6.45) is 4.17. The van der Waals surface area contributed by atoms with Gasteiger partial charge < -0.3 is 79.4 Å². The number of guanidine groups is 1. The number of aromatic nitrogens is 2. The van der Waals surface area contributed by atoms with Crippen LogP contribution in [-0.2, 0) is 67.2 Å². The van der Waals surface area contributed by atoms with Crippen molar-refractivity contribution in [3.63, 3.8) is 0 Å². The molecule has 0 saturated carbocycles. The Morgan fingerprint density at radius 1 is 0.682 bits per heavy atom. The van der Waals surface area contributed by atoms with Crippen LogP contribution in [0.1, 0.15) is 103 Å². The first-order valence-electron chi connectivity index (χ1n) is 29.9. The first kappa shape index (κ1) is 68.0. The van der Waals surface area contributed by atoms with E-state index in [2.05, 4.69) is 62.8 Å². The maximum atomic E-state index is 14.7. The number of nitrogens with two attached hydrogens (primary N) is 2. The topological polar surface area (TPSA) is 416 Å². The lowest BCUT2D eigenvalue weighted by molar-refractivity contribution is -0.142. The van der Waals surface area contributed by atoms with Crippen LogP contribution in [0.4, 0.5) is 0 Å². The SMILES string of the molecule is CCNC(=O)[C@@H]1CCCN1C(=O)[C@H](CCCN=C(N)N)NC(=O)[C@H](CC(C)C)NC(=O)[C@@H](CC(C)C)NC(=O)[C@H](Cc1ccc(O)cc1)NC(=O)[C@H](CO)NC(=O)[C@H](Cc1cccc2ccccc12)NC(=O)[C@H](Cc1cnc[nH]1)NC(=O)[C@@H]1CCC(=O)N1. The fourth-order valence-corrected chi connectivity index (χ4v) is 10.7. The Balaban J connectivity index is 1.23. The highest BCUT2D eigenvalue weighted by molar-refractivity contribution is 5.99. The number of aliphatic hydroxyl groups is 1. The summed E-state index contributed by atoms with van der Waals surface area (Å²) in [5.41, 5.74) is 12.6. The summed E-state index contributed by atoms with van der Waals surface area (Å²) in [5.74, 6) is -7.53. The van der Waals surface area contributed by atoms with Crippen molar-refractivity contribution in [3.8, 4) is 5.75 Å². The molecule has 2 saturated heterocycles. The molecule has 4 aromatic rings. The molecule has 0 radical (unpaired) electrons. The van der Waals surface area contributed by atoms with Crippen molar-refractivity contribution in [2.45, 2.75) is 160 Å². The molecule has 9 atom stereocenters. The number of benzene rings is 3. The van der Waals surface area contributed by atoms with Crippen molar-refractivity contribution in [1.29, 1.82) is 0 Å². The highest BCUT2D eigenvalue weighted by Gasteiger charge is 2.40. The highest BCUT2D eigenvalue weighted by atomic mass is 16.3. The van der Waals surface area contributed by atoms with Gasteiger partial charge in [-0.3, -0.25) is 52.9 Å². The van der Waals surface area contributed by atoms with E-state index in [9.17, 15) is 58.2 Å². The van der Waals surface area contributed by atoms with Crippen LogP contribution in [0.5, 0.6) is 5.75 Å². The van der Waals surface area contributed by atoms with Crippen LogP contribution < -0.4 is 59.3 Å². The normalized spacial score (nSPS) is 17.0. The average Bonchev–Trinajstić information content (AvgIpc) is 3.76. The minimum Gasteiger partial charge on any atom is -0.508 e. The number of nitrogens with zero attached hydrogens (tertiary/aromatic N) is 3. The van der Waals surface area contributed by atoms with Crippen LogP contribution in [-0.4, -0.2) is 171 Å². The molecular weight excluding hydrogens is 1130 g/mol. The quantitative estimate of drug-likeness (QED) is 0.0162. The number of nitrogens with one attached hydrogen (secondary N) is 10. The molecule has 16 N–H and O–H groups in total. The molecule has 27 nitrogen and oxygen atoms in total. The van der Waals surface area contributed by atoms with Gasteiger partial charge in [0.15, 0.2) is 5.96 Å². The first-order valence-corrected chi connectivity index (χ1v) is 29.9. The lowest BCUT2D eigenvalue weighted by atomic mass is 9.97. The summed E-state index contributed by atoms with van der Waals surface area (Å²) in [7, 11) is 0. The van der Waals surface area contributed by atoms with Gasteiger partial charge in [-0.15, -0.1) is 0 Å². The lowest BCUT2D eigenvalue weighted by Crippen LogP contribution is -2.61. The minimum absolute atomic E-state index is 0.0399. The molecule has 1 aromatic heterocycles. The van der Waals surface area contributed by atoms with E-state index >= 15 is 0 Å². The highest BCUT2D eigenvalue weighted by Crippen LogP contribution is 2.23. The Morgan fingerprint density at radius 2 is 1.25 bits per heavy atom. The van der Waals surface area contributed by atoms with Gasteiger partial charge in [0.2, 0.25) is 59.1 Å². The summed E-state index contributed by atoms with van der Waals surface area (Å²) in [5, 5.41) is 46.9. The number of aliphatic imine (C=N–C) groups is 1. The third-order valence-electron chi connectivity index (χ3n) is 15.1. The molecule has 476 valence electrons. The van der Waals surface area contributed by atoms with Gasteiger partial charge in [-0.1, -0.05) is 82.3 Å². The number of phenols is 1. The third-order valence-corrected chi connectivity index (χ3v) is 15.1. The number of fused-ring (bicyclic) bond motifs is 1. The largest absolute Gasteiger partial charge is 0.508 e. The summed E-state index contributed by atoms with van der Waals surface area (Å²) in [6.45, 7) is 8.83. The van der Waals surface area contributed by atoms with E-state index in [-0.39, 0.29) is 106 Å². The van der Waals surface area contributed by atoms with E-state index in [1.165, 1.54) is 41.7 Å². The molecule has 2 fully saturated rings. The number of amides is 10. The fourth-order valence-electron chi connectivity index (χ4n) is 10.7. The number of aromatic amines is 1. The molecule has 3 aromatic carbocycles. The molecule has 6 rings (SSSR count). The number of carbonyl (C=O) groups excluding carboxylic acids is 10. The maximum Gasteiger partial charge on any atom is 0.245 e. The number of aliphatic hydroxyl groups excluding tert-OH is 1. The Labute approximate surface area is 510 Å². The van der Waals surface area contributed by atoms with Gasteiger partial charge in [0.05, 0.1) is 12.9 Å². The van der Waals surface area contributed by atoms with Crippen molar-refractivity contribution >= 4 is 75.8 Å². The van der Waals surface area contributed by atoms with Crippen LogP contribution in [0.25, 0.3) is 10.8 Å². The van der Waals surface area contributed by atoms with Gasteiger partial charge in [-0.25, -0.2) is 4.98 Å². The van der Waals surface area contributed by atoms with Crippen LogP contribution in [0, 0.1) is 11.8 Å². The summed E-state index contributed by atoms with van der Waals surface area (Å²) < 4.78 is 0. The number of H-pyrrole nitrogens is 1. The van der Waals surface area contributed by atoms with Gasteiger partial charge in [0.1, 0.15) is 60.1 Å². The standard InChI is InChI=1S/C61H85N15O12/c1-6-65-59(87)50-17-11-25-76(50)60(88)43(16-10-24-66-61(62)63)69-53(81)44(26-34(2)3)70-54(82)45(27-35(4)5)71-55(83)46(28-36-18-20-40(78)21-19-36)72-58(86)49(32-77)75-56(84)47(29-38-14-9-13-37-12-7-8-15-41(37)38)73-57(85)48(30-39-31-64-33-67-39)74-52(80)42-22-23-51(79)68-42/h7-9,12-15,18-21,31,33-35,42-50,77-78H,6,10-11,16-17,22-30,32H2,1-5H3,(H,64,67)(H,65,87)(H,68,79)(H,69,81)(H,70,82)(H,71,83)(H,72,86)(H,73,85)(H,74,80)(H,75,84)(H4,62,63,66)/t42-,43-,44-,45+,46-,47-,48-,49-,50-/m0/s1.